The summed E-state index contributed by atoms with van der Waals surface area (Å²) in [7, 11) is 0. The number of furan rings is 1. The molecule has 1 unspecified atom stereocenters. The predicted octanol–water partition coefficient (Wildman–Crippen LogP) is 2.96. The minimum Gasteiger partial charge on any atom is -0.444 e. The van der Waals surface area contributed by atoms with E-state index >= 15 is 0 Å². The van der Waals surface area contributed by atoms with E-state index in [1.807, 2.05) is 6.92 Å². The van der Waals surface area contributed by atoms with Crippen LogP contribution in [0, 0.1) is 5.92 Å². The molecule has 3 nitrogen and oxygen atoms in total. The maximum absolute atomic E-state index is 11.6. The molecule has 1 heterocycles. The molecular weight excluding hydrogens is 258 g/mol. The lowest BCUT2D eigenvalue weighted by Crippen LogP contribution is -2.32. The van der Waals surface area contributed by atoms with Gasteiger partial charge in [-0.05, 0) is 47.3 Å². The normalized spacial score (nSPS) is 17.5. The molecule has 0 aromatic carbocycles. The van der Waals surface area contributed by atoms with E-state index in [4.69, 9.17) is 4.42 Å². The third-order valence-corrected chi connectivity index (χ3v) is 2.98. The van der Waals surface area contributed by atoms with Crippen LogP contribution in [-0.4, -0.2) is 11.9 Å². The van der Waals surface area contributed by atoms with Gasteiger partial charge in [-0.25, -0.2) is 0 Å². The van der Waals surface area contributed by atoms with Crippen LogP contribution >= 0.6 is 15.9 Å². The van der Waals surface area contributed by atoms with Gasteiger partial charge in [-0.2, -0.15) is 0 Å². The number of carbonyl (C=O) groups is 1. The molecule has 1 N–H and O–H groups in total. The van der Waals surface area contributed by atoms with E-state index in [0.29, 0.717) is 10.4 Å². The molecule has 0 radical (unpaired) electrons. The fourth-order valence-corrected chi connectivity index (χ4v) is 1.95. The molecule has 15 heavy (non-hydrogen) atoms. The van der Waals surface area contributed by atoms with Gasteiger partial charge in [0.25, 0.3) is 5.91 Å². The quantitative estimate of drug-likeness (QED) is 0.915. The smallest absolute Gasteiger partial charge is 0.287 e. The molecule has 0 bridgehead atoms. The molecular formula is C11H14BrNO2. The zero-order valence-electron chi connectivity index (χ0n) is 8.63. The van der Waals surface area contributed by atoms with Crippen molar-refractivity contribution in [1.82, 2.24) is 5.32 Å². The number of amides is 1. The minimum absolute atomic E-state index is 0.131. The number of hydrogen-bond acceptors (Lipinski definition) is 2. The second-order valence-corrected chi connectivity index (χ2v) is 4.94. The zero-order valence-corrected chi connectivity index (χ0v) is 10.2. The maximum Gasteiger partial charge on any atom is 0.287 e. The van der Waals surface area contributed by atoms with E-state index in [0.717, 1.165) is 12.3 Å². The van der Waals surface area contributed by atoms with Crippen LogP contribution in [0.2, 0.25) is 0 Å². The van der Waals surface area contributed by atoms with Gasteiger partial charge in [-0.1, -0.05) is 12.8 Å². The maximum atomic E-state index is 11.6. The van der Waals surface area contributed by atoms with Crippen molar-refractivity contribution in [2.45, 2.75) is 32.2 Å². The number of halogens is 1. The number of hydrogen-bond donors (Lipinski definition) is 1. The summed E-state index contributed by atoms with van der Waals surface area (Å²) in [6.07, 6.45) is 3.70. The Balaban J connectivity index is 1.85. The third-order valence-electron chi connectivity index (χ3n) is 2.56. The molecule has 2 rings (SSSR count). The van der Waals surface area contributed by atoms with Crippen molar-refractivity contribution >= 4 is 21.8 Å². The van der Waals surface area contributed by atoms with Crippen molar-refractivity contribution in [2.75, 3.05) is 0 Å². The van der Waals surface area contributed by atoms with Gasteiger partial charge in [-0.3, -0.25) is 4.79 Å². The molecule has 82 valence electrons. The van der Waals surface area contributed by atoms with Crippen LogP contribution in [0.15, 0.2) is 21.2 Å². The monoisotopic (exact) mass is 271 g/mol. The lowest BCUT2D eigenvalue weighted by atomic mass is 10.1. The Morgan fingerprint density at radius 1 is 1.67 bits per heavy atom. The molecule has 1 fully saturated rings. The van der Waals surface area contributed by atoms with Crippen LogP contribution in [0.5, 0.6) is 0 Å². The van der Waals surface area contributed by atoms with Gasteiger partial charge >= 0.3 is 0 Å². The predicted molar refractivity (Wildman–Crippen MR) is 60.7 cm³/mol. The summed E-state index contributed by atoms with van der Waals surface area (Å²) in [5, 5.41) is 2.93. The Hall–Kier alpha value is -0.770. The van der Waals surface area contributed by atoms with Gasteiger partial charge in [0.05, 0.1) is 0 Å². The van der Waals surface area contributed by atoms with E-state index in [-0.39, 0.29) is 11.9 Å². The second-order valence-electron chi connectivity index (χ2n) is 4.16. The summed E-state index contributed by atoms with van der Waals surface area (Å²) < 4.78 is 5.76. The molecule has 0 aliphatic heterocycles. The fourth-order valence-electron chi connectivity index (χ4n) is 1.64. The number of nitrogens with one attached hydrogen (secondary N) is 1. The van der Waals surface area contributed by atoms with Crippen molar-refractivity contribution in [1.29, 1.82) is 0 Å². The highest BCUT2D eigenvalue weighted by atomic mass is 79.9. The number of rotatable bonds is 4. The SMILES string of the molecule is CC(CC1CC1)NC(=O)c1ccc(Br)o1. The lowest BCUT2D eigenvalue weighted by molar-refractivity contribution is 0.0908. The van der Waals surface area contributed by atoms with Gasteiger partial charge in [0.15, 0.2) is 10.4 Å². The first-order chi connectivity index (χ1) is 7.15. The Bertz CT molecular complexity index is 357. The van der Waals surface area contributed by atoms with E-state index in [1.165, 1.54) is 12.8 Å². The van der Waals surface area contributed by atoms with E-state index < -0.39 is 0 Å². The minimum atomic E-state index is -0.131. The average molecular weight is 272 g/mol. The van der Waals surface area contributed by atoms with Gasteiger partial charge in [0.2, 0.25) is 0 Å². The summed E-state index contributed by atoms with van der Waals surface area (Å²) in [5.41, 5.74) is 0. The van der Waals surface area contributed by atoms with Crippen molar-refractivity contribution in [3.8, 4) is 0 Å². The van der Waals surface area contributed by atoms with Crippen LogP contribution in [0.3, 0.4) is 0 Å². The summed E-state index contributed by atoms with van der Waals surface area (Å²) >= 11 is 3.17. The molecule has 1 atom stereocenters. The largest absolute Gasteiger partial charge is 0.444 e. The van der Waals surface area contributed by atoms with Crippen LogP contribution in [0.1, 0.15) is 36.7 Å². The summed E-state index contributed by atoms with van der Waals surface area (Å²) in [4.78, 5) is 11.6. The standard InChI is InChI=1S/C11H14BrNO2/c1-7(6-8-2-3-8)13-11(14)9-4-5-10(12)15-9/h4-5,7-8H,2-3,6H2,1H3,(H,13,14). The zero-order chi connectivity index (χ0) is 10.8. The second kappa shape index (κ2) is 4.39. The molecule has 0 saturated heterocycles. The topological polar surface area (TPSA) is 42.2 Å². The third kappa shape index (κ3) is 3.09. The first-order valence-corrected chi connectivity index (χ1v) is 6.00. The molecule has 0 spiro atoms. The molecule has 1 aromatic heterocycles. The van der Waals surface area contributed by atoms with Crippen LogP contribution in [0.4, 0.5) is 0 Å². The van der Waals surface area contributed by atoms with Gasteiger partial charge in [0, 0.05) is 6.04 Å². The highest BCUT2D eigenvalue weighted by molar-refractivity contribution is 9.10. The first kappa shape index (κ1) is 10.7. The van der Waals surface area contributed by atoms with Crippen LogP contribution in [-0.2, 0) is 0 Å². The van der Waals surface area contributed by atoms with Crippen molar-refractivity contribution in [3.63, 3.8) is 0 Å². The lowest BCUT2D eigenvalue weighted by Gasteiger charge is -2.11. The van der Waals surface area contributed by atoms with Crippen molar-refractivity contribution in [3.05, 3.63) is 22.6 Å². The molecule has 4 heteroatoms. The Labute approximate surface area is 97.4 Å². The van der Waals surface area contributed by atoms with Gasteiger partial charge < -0.3 is 9.73 Å². The first-order valence-electron chi connectivity index (χ1n) is 5.21. The fraction of sp³-hybridized carbons (Fsp3) is 0.545. The Morgan fingerprint density at radius 3 is 2.93 bits per heavy atom. The summed E-state index contributed by atoms with van der Waals surface area (Å²) in [6.45, 7) is 2.04. The van der Waals surface area contributed by atoms with Gasteiger partial charge in [0.1, 0.15) is 0 Å². The highest BCUT2D eigenvalue weighted by Crippen LogP contribution is 2.33. The molecule has 1 aliphatic carbocycles. The van der Waals surface area contributed by atoms with Gasteiger partial charge in [-0.15, -0.1) is 0 Å². The van der Waals surface area contributed by atoms with Crippen molar-refractivity contribution in [2.24, 2.45) is 5.92 Å². The summed E-state index contributed by atoms with van der Waals surface area (Å²) in [6, 6.07) is 3.62. The van der Waals surface area contributed by atoms with E-state index in [1.54, 1.807) is 12.1 Å². The average Bonchev–Trinajstić information content (AvgIpc) is 2.85. The highest BCUT2D eigenvalue weighted by Gasteiger charge is 2.24. The van der Waals surface area contributed by atoms with Crippen LogP contribution < -0.4 is 5.32 Å². The molecule has 1 aromatic rings. The van der Waals surface area contributed by atoms with Crippen LogP contribution in [0.25, 0.3) is 0 Å². The number of carbonyl (C=O) groups excluding carboxylic acids is 1. The molecule has 1 amide bonds. The van der Waals surface area contributed by atoms with Crippen molar-refractivity contribution < 1.29 is 9.21 Å². The van der Waals surface area contributed by atoms with E-state index in [2.05, 4.69) is 21.2 Å². The van der Waals surface area contributed by atoms with E-state index in [9.17, 15) is 4.79 Å². The Morgan fingerprint density at radius 2 is 2.40 bits per heavy atom. The molecule has 1 aliphatic rings. The Kier molecular flexibility index (Phi) is 3.14. The molecule has 1 saturated carbocycles. The summed E-state index contributed by atoms with van der Waals surface area (Å²) in [5.74, 6) is 1.06.